The summed E-state index contributed by atoms with van der Waals surface area (Å²) >= 11 is 0. The summed E-state index contributed by atoms with van der Waals surface area (Å²) in [4.78, 5) is 24.1. The van der Waals surface area contributed by atoms with Gasteiger partial charge in [-0.15, -0.1) is 0 Å². The number of phenols is 1. The first-order valence-corrected chi connectivity index (χ1v) is 6.90. The van der Waals surface area contributed by atoms with Crippen molar-refractivity contribution in [2.24, 2.45) is 0 Å². The van der Waals surface area contributed by atoms with E-state index in [0.717, 1.165) is 12.1 Å². The van der Waals surface area contributed by atoms with Gasteiger partial charge in [0.2, 0.25) is 5.76 Å². The number of rotatable bonds is 3. The van der Waals surface area contributed by atoms with Gasteiger partial charge in [-0.05, 0) is 12.1 Å². The third-order valence-electron chi connectivity index (χ3n) is 3.57. The lowest BCUT2D eigenvalue weighted by molar-refractivity contribution is -0.152. The van der Waals surface area contributed by atoms with Crippen molar-refractivity contribution in [2.75, 3.05) is 0 Å². The Labute approximate surface area is 137 Å². The summed E-state index contributed by atoms with van der Waals surface area (Å²) in [7, 11) is 0. The maximum absolute atomic E-state index is 13.3. The molecule has 0 unspecified atom stereocenters. The molecule has 2 N–H and O–H groups in total. The molecule has 1 aromatic heterocycles. The molecule has 25 heavy (non-hydrogen) atoms. The van der Waals surface area contributed by atoms with Gasteiger partial charge < -0.3 is 14.6 Å². The molecule has 0 atom stereocenters. The van der Waals surface area contributed by atoms with Crippen LogP contribution in [0.15, 0.2) is 46.9 Å². The van der Waals surface area contributed by atoms with Gasteiger partial charge in [-0.3, -0.25) is 4.79 Å². The molecule has 8 heteroatoms. The predicted molar refractivity (Wildman–Crippen MR) is 79.7 cm³/mol. The highest BCUT2D eigenvalue weighted by Gasteiger charge is 2.42. The molecule has 0 radical (unpaired) electrons. The highest BCUT2D eigenvalue weighted by atomic mass is 19.4. The van der Waals surface area contributed by atoms with Gasteiger partial charge in [0.05, 0.1) is 10.9 Å². The normalized spacial score (nSPS) is 11.6. The number of alkyl halides is 3. The minimum absolute atomic E-state index is 0.0737. The van der Waals surface area contributed by atoms with Gasteiger partial charge in [0.25, 0.3) is 0 Å². The maximum atomic E-state index is 13.3. The van der Waals surface area contributed by atoms with Crippen molar-refractivity contribution in [3.05, 3.63) is 64.9 Å². The van der Waals surface area contributed by atoms with E-state index in [1.807, 2.05) is 0 Å². The van der Waals surface area contributed by atoms with Gasteiger partial charge in [0.1, 0.15) is 16.9 Å². The largest absolute Gasteiger partial charge is 0.507 e. The van der Waals surface area contributed by atoms with Crippen molar-refractivity contribution >= 4 is 22.7 Å². The molecule has 5 nitrogen and oxygen atoms in total. The summed E-state index contributed by atoms with van der Waals surface area (Å²) in [6, 6.07) is 8.95. The first kappa shape index (κ1) is 16.6. The Bertz CT molecular complexity index is 987. The topological polar surface area (TPSA) is 87.7 Å². The number of carboxylic acid groups (broad SMARTS) is 1. The molecular formula is C17H9F3O5. The zero-order valence-corrected chi connectivity index (χ0v) is 12.3. The van der Waals surface area contributed by atoms with Crippen LogP contribution in [0, 0.1) is 0 Å². The number of carbonyl (C=O) groups excluding carboxylic acids is 1. The Morgan fingerprint density at radius 2 is 1.60 bits per heavy atom. The second-order valence-corrected chi connectivity index (χ2v) is 5.14. The van der Waals surface area contributed by atoms with E-state index in [1.165, 1.54) is 24.3 Å². The van der Waals surface area contributed by atoms with Crippen LogP contribution in [0.4, 0.5) is 13.2 Å². The number of hydrogen-bond acceptors (Lipinski definition) is 4. The number of aromatic carboxylic acids is 1. The summed E-state index contributed by atoms with van der Waals surface area (Å²) < 4.78 is 44.8. The molecule has 3 rings (SSSR count). The Kier molecular flexibility index (Phi) is 3.75. The molecule has 3 aromatic rings. The van der Waals surface area contributed by atoms with Crippen molar-refractivity contribution in [3.8, 4) is 5.75 Å². The van der Waals surface area contributed by atoms with Crippen LogP contribution in [0.5, 0.6) is 5.75 Å². The van der Waals surface area contributed by atoms with E-state index in [2.05, 4.69) is 0 Å². The van der Waals surface area contributed by atoms with Crippen molar-refractivity contribution in [1.29, 1.82) is 0 Å². The van der Waals surface area contributed by atoms with Crippen LogP contribution in [0.2, 0.25) is 0 Å². The lowest BCUT2D eigenvalue weighted by atomic mass is 9.96. The summed E-state index contributed by atoms with van der Waals surface area (Å²) in [6.45, 7) is 0. The smallest absolute Gasteiger partial charge is 0.450 e. The van der Waals surface area contributed by atoms with Gasteiger partial charge in [-0.2, -0.15) is 13.2 Å². The van der Waals surface area contributed by atoms with E-state index in [9.17, 15) is 33.0 Å². The predicted octanol–water partition coefficient (Wildman–Crippen LogP) is 4.09. The van der Waals surface area contributed by atoms with Gasteiger partial charge in [-0.25, -0.2) is 4.79 Å². The molecule has 128 valence electrons. The van der Waals surface area contributed by atoms with Crippen LogP contribution in [-0.2, 0) is 6.18 Å². The molecule has 0 bridgehead atoms. The minimum atomic E-state index is -5.02. The van der Waals surface area contributed by atoms with Crippen molar-refractivity contribution in [2.45, 2.75) is 6.18 Å². The SMILES string of the molecule is O=C(O)c1c(O)ccc2oc(C(F)(F)F)c(C(=O)c3ccccc3)c12. The Hall–Kier alpha value is -3.29. The molecule has 0 aliphatic carbocycles. The number of aromatic hydroxyl groups is 1. The van der Waals surface area contributed by atoms with Gasteiger partial charge in [0.15, 0.2) is 5.78 Å². The van der Waals surface area contributed by atoms with Crippen molar-refractivity contribution < 1.29 is 37.4 Å². The molecule has 0 saturated heterocycles. The fourth-order valence-electron chi connectivity index (χ4n) is 2.55. The van der Waals surface area contributed by atoms with Crippen LogP contribution in [0.25, 0.3) is 11.0 Å². The summed E-state index contributed by atoms with van der Waals surface area (Å²) in [5, 5.41) is 18.4. The Morgan fingerprint density at radius 1 is 0.960 bits per heavy atom. The standard InChI is InChI=1S/C17H9F3O5/c18-17(19,20)15-13(14(22)8-4-2-1-3-5-8)12-10(25-15)7-6-9(21)11(12)16(23)24/h1-7,21H,(H,23,24). The fourth-order valence-corrected chi connectivity index (χ4v) is 2.55. The van der Waals surface area contributed by atoms with Crippen LogP contribution >= 0.6 is 0 Å². The third-order valence-corrected chi connectivity index (χ3v) is 3.57. The van der Waals surface area contributed by atoms with E-state index in [-0.39, 0.29) is 5.56 Å². The second kappa shape index (κ2) is 5.66. The van der Waals surface area contributed by atoms with Gasteiger partial charge in [-0.1, -0.05) is 30.3 Å². The monoisotopic (exact) mass is 350 g/mol. The maximum Gasteiger partial charge on any atom is 0.450 e. The fraction of sp³-hybridized carbons (Fsp3) is 0.0588. The zero-order valence-electron chi connectivity index (χ0n) is 12.3. The van der Waals surface area contributed by atoms with E-state index < -0.39 is 51.5 Å². The number of fused-ring (bicyclic) bond motifs is 1. The third kappa shape index (κ3) is 2.71. The van der Waals surface area contributed by atoms with E-state index in [4.69, 9.17) is 4.42 Å². The van der Waals surface area contributed by atoms with Crippen LogP contribution in [0.1, 0.15) is 32.0 Å². The molecule has 0 saturated carbocycles. The molecule has 0 aliphatic rings. The number of benzene rings is 2. The number of carbonyl (C=O) groups is 2. The van der Waals surface area contributed by atoms with Crippen molar-refractivity contribution in [3.63, 3.8) is 0 Å². The Morgan fingerprint density at radius 3 is 2.16 bits per heavy atom. The average molecular weight is 350 g/mol. The molecule has 2 aromatic carbocycles. The summed E-state index contributed by atoms with van der Waals surface area (Å²) in [5.41, 5.74) is -2.30. The molecule has 1 heterocycles. The van der Waals surface area contributed by atoms with Crippen molar-refractivity contribution in [1.82, 2.24) is 0 Å². The first-order chi connectivity index (χ1) is 11.7. The minimum Gasteiger partial charge on any atom is -0.507 e. The number of halogens is 3. The average Bonchev–Trinajstić information content (AvgIpc) is 2.94. The second-order valence-electron chi connectivity index (χ2n) is 5.14. The highest BCUT2D eigenvalue weighted by molar-refractivity contribution is 6.21. The molecule has 0 amide bonds. The number of carboxylic acids is 1. The van der Waals surface area contributed by atoms with Crippen LogP contribution < -0.4 is 0 Å². The molecule has 0 fully saturated rings. The van der Waals surface area contributed by atoms with Gasteiger partial charge in [0, 0.05) is 5.56 Å². The highest BCUT2D eigenvalue weighted by Crippen LogP contribution is 2.42. The number of furan rings is 1. The zero-order chi connectivity index (χ0) is 18.4. The van der Waals surface area contributed by atoms with E-state index >= 15 is 0 Å². The number of ketones is 1. The lowest BCUT2D eigenvalue weighted by Gasteiger charge is -2.07. The van der Waals surface area contributed by atoms with Crippen LogP contribution in [-0.4, -0.2) is 22.0 Å². The summed E-state index contributed by atoms with van der Waals surface area (Å²) in [5.74, 6) is -5.11. The quantitative estimate of drug-likeness (QED) is 0.695. The number of hydrogen-bond donors (Lipinski definition) is 2. The van der Waals surface area contributed by atoms with Gasteiger partial charge >= 0.3 is 12.1 Å². The molecule has 0 aliphatic heterocycles. The van der Waals surface area contributed by atoms with Crippen LogP contribution in [0.3, 0.4) is 0 Å². The first-order valence-electron chi connectivity index (χ1n) is 6.90. The molecule has 0 spiro atoms. The van der Waals surface area contributed by atoms with E-state index in [0.29, 0.717) is 0 Å². The summed E-state index contributed by atoms with van der Waals surface area (Å²) in [6.07, 6.45) is -5.02. The lowest BCUT2D eigenvalue weighted by Crippen LogP contribution is -2.12. The molecular weight excluding hydrogens is 341 g/mol. The Balaban J connectivity index is 2.44. The van der Waals surface area contributed by atoms with E-state index in [1.54, 1.807) is 6.07 Å².